The van der Waals surface area contributed by atoms with E-state index in [2.05, 4.69) is 79.3 Å². The van der Waals surface area contributed by atoms with Gasteiger partial charge in [0.1, 0.15) is 0 Å². The van der Waals surface area contributed by atoms with Crippen LogP contribution in [-0.4, -0.2) is 4.31 Å². The van der Waals surface area contributed by atoms with Crippen molar-refractivity contribution in [2.45, 2.75) is 18.8 Å². The Balaban J connectivity index is 0.000000354. The summed E-state index contributed by atoms with van der Waals surface area (Å²) in [4.78, 5) is 0. The molecule has 0 saturated carbocycles. The summed E-state index contributed by atoms with van der Waals surface area (Å²) in [6, 6.07) is 17.3. The van der Waals surface area contributed by atoms with E-state index in [1.807, 2.05) is 11.2 Å². The van der Waals surface area contributed by atoms with E-state index >= 15 is 0 Å². The standard InChI is InChI=1S/C19H15.C2H4.ClH.Ti/c1-3-7-18-14(5-1)9-11-16(18)13-17-12-10-15-6-2-4-8-19(15)17;1-2;;/h1-13,16-17H;1H,2H3;1H;/q-1;;;+1/p-1. The molecule has 0 spiro atoms. The van der Waals surface area contributed by atoms with Crippen molar-refractivity contribution in [3.05, 3.63) is 89.4 Å². The fraction of sp³-hybridized carbons (Fsp3) is 0.143. The Morgan fingerprint density at radius 3 is 1.74 bits per heavy atom. The second kappa shape index (κ2) is 8.06. The molecule has 4 rings (SSSR count). The van der Waals surface area contributed by atoms with E-state index in [9.17, 15) is 0 Å². The molecule has 2 atom stereocenters. The van der Waals surface area contributed by atoms with Crippen molar-refractivity contribution in [3.63, 3.8) is 0 Å². The fourth-order valence-corrected chi connectivity index (χ4v) is 3.11. The molecule has 2 aliphatic carbocycles. The van der Waals surface area contributed by atoms with E-state index in [4.69, 9.17) is 9.30 Å². The minimum atomic E-state index is -0.139. The van der Waals surface area contributed by atoms with Crippen LogP contribution in [0, 0.1) is 6.42 Å². The van der Waals surface area contributed by atoms with Gasteiger partial charge in [-0.05, 0) is 11.1 Å². The average molecular weight is 355 g/mol. The summed E-state index contributed by atoms with van der Waals surface area (Å²) in [6.07, 6.45) is 11.5. The van der Waals surface area contributed by atoms with Gasteiger partial charge in [-0.3, -0.25) is 0 Å². The van der Waals surface area contributed by atoms with Crippen LogP contribution >= 0.6 is 9.30 Å². The molecular formula is C21H19ClTi-. The van der Waals surface area contributed by atoms with Gasteiger partial charge in [0.05, 0.1) is 0 Å². The molecule has 0 aliphatic heterocycles. The molecule has 0 amide bonds. The predicted octanol–water partition coefficient (Wildman–Crippen LogP) is 5.86. The molecule has 0 saturated heterocycles. The summed E-state index contributed by atoms with van der Waals surface area (Å²) in [5, 5.41) is 0. The molecule has 23 heavy (non-hydrogen) atoms. The van der Waals surface area contributed by atoms with Crippen molar-refractivity contribution in [1.29, 1.82) is 0 Å². The molecule has 0 nitrogen and oxygen atoms in total. The first-order valence-corrected chi connectivity index (χ1v) is 10.9. The van der Waals surface area contributed by atoms with Gasteiger partial charge in [0.25, 0.3) is 0 Å². The van der Waals surface area contributed by atoms with Gasteiger partial charge >= 0.3 is 38.2 Å². The van der Waals surface area contributed by atoms with Crippen LogP contribution in [0.25, 0.3) is 12.2 Å². The Bertz CT molecular complexity index is 694. The molecule has 0 N–H and O–H groups in total. The Hall–Kier alpha value is -1.21. The third-order valence-electron chi connectivity index (χ3n) is 4.20. The van der Waals surface area contributed by atoms with Crippen molar-refractivity contribution < 1.29 is 17.6 Å². The maximum atomic E-state index is 5.26. The quantitative estimate of drug-likeness (QED) is 0.468. The molecule has 0 radical (unpaired) electrons. The number of allylic oxidation sites excluding steroid dienone is 2. The van der Waals surface area contributed by atoms with Crippen LogP contribution in [0.1, 0.15) is 41.0 Å². The molecule has 2 aromatic carbocycles. The van der Waals surface area contributed by atoms with E-state index in [0.29, 0.717) is 11.8 Å². The van der Waals surface area contributed by atoms with E-state index in [1.165, 1.54) is 22.3 Å². The summed E-state index contributed by atoms with van der Waals surface area (Å²) in [5.74, 6) is 0.883. The van der Waals surface area contributed by atoms with Crippen LogP contribution in [0.5, 0.6) is 0 Å². The van der Waals surface area contributed by atoms with Crippen molar-refractivity contribution in [2.75, 3.05) is 0 Å². The van der Waals surface area contributed by atoms with Crippen molar-refractivity contribution in [1.82, 2.24) is 0 Å². The van der Waals surface area contributed by atoms with E-state index in [0.717, 1.165) is 0 Å². The van der Waals surface area contributed by atoms with E-state index in [-0.39, 0.29) is 17.6 Å². The molecule has 0 aromatic heterocycles. The maximum absolute atomic E-state index is 5.26. The molecule has 2 aliphatic rings. The summed E-state index contributed by atoms with van der Waals surface area (Å²) in [5.41, 5.74) is 5.58. The minimum absolute atomic E-state index is 0.139. The van der Waals surface area contributed by atoms with Crippen LogP contribution < -0.4 is 0 Å². The number of fused-ring (bicyclic) bond motifs is 2. The number of rotatable bonds is 2. The van der Waals surface area contributed by atoms with Gasteiger partial charge in [-0.2, -0.15) is 0 Å². The topological polar surface area (TPSA) is 0 Å². The second-order valence-electron chi connectivity index (χ2n) is 5.62. The molecule has 2 aromatic rings. The molecule has 2 heteroatoms. The van der Waals surface area contributed by atoms with Gasteiger partial charge in [-0.15, -0.1) is 24.0 Å². The third kappa shape index (κ3) is 3.83. The summed E-state index contributed by atoms with van der Waals surface area (Å²) in [6.45, 7) is 1.98. The Kier molecular flexibility index (Phi) is 5.83. The number of hydrogen-bond acceptors (Lipinski definition) is 0. The van der Waals surface area contributed by atoms with Crippen LogP contribution in [0.2, 0.25) is 0 Å². The zero-order chi connectivity index (χ0) is 16.1. The number of halogens is 1. The van der Waals surface area contributed by atoms with Crippen molar-refractivity contribution >= 4 is 25.8 Å². The molecular weight excluding hydrogens is 336 g/mol. The molecule has 2 unspecified atom stereocenters. The molecule has 0 fully saturated rings. The zero-order valence-electron chi connectivity index (χ0n) is 13.1. The average Bonchev–Trinajstić information content (AvgIpc) is 3.21. The van der Waals surface area contributed by atoms with Gasteiger partial charge in [0.2, 0.25) is 0 Å². The van der Waals surface area contributed by atoms with Crippen molar-refractivity contribution in [3.8, 4) is 0 Å². The van der Waals surface area contributed by atoms with Gasteiger partial charge in [-0.1, -0.05) is 71.8 Å². The van der Waals surface area contributed by atoms with Crippen LogP contribution in [0.3, 0.4) is 0 Å². The van der Waals surface area contributed by atoms with E-state index in [1.54, 1.807) is 0 Å². The van der Waals surface area contributed by atoms with Crippen LogP contribution in [0.15, 0.2) is 60.7 Å². The number of hydrogen-bond donors (Lipinski definition) is 0. The van der Waals surface area contributed by atoms with Crippen LogP contribution in [-0.2, 0) is 17.6 Å². The Labute approximate surface area is 151 Å². The van der Waals surface area contributed by atoms with Gasteiger partial charge in [0.15, 0.2) is 0 Å². The number of benzene rings is 2. The summed E-state index contributed by atoms with van der Waals surface area (Å²) >= 11 is -0.139. The first-order valence-electron chi connectivity index (χ1n) is 7.86. The monoisotopic (exact) mass is 354 g/mol. The first kappa shape index (κ1) is 16.6. The van der Waals surface area contributed by atoms with Crippen molar-refractivity contribution in [2.24, 2.45) is 0 Å². The van der Waals surface area contributed by atoms with Gasteiger partial charge in [0, 0.05) is 0 Å². The molecule has 115 valence electrons. The Morgan fingerprint density at radius 2 is 1.30 bits per heavy atom. The van der Waals surface area contributed by atoms with Gasteiger partial charge < -0.3 is 6.42 Å². The predicted molar refractivity (Wildman–Crippen MR) is 98.3 cm³/mol. The van der Waals surface area contributed by atoms with Gasteiger partial charge in [-0.25, -0.2) is 0 Å². The zero-order valence-corrected chi connectivity index (χ0v) is 15.4. The summed E-state index contributed by atoms with van der Waals surface area (Å²) < 4.78 is 2.02. The second-order valence-corrected chi connectivity index (χ2v) is 7.76. The molecule has 0 bridgehead atoms. The first-order chi connectivity index (χ1) is 11.3. The normalized spacial score (nSPS) is 19.9. The van der Waals surface area contributed by atoms with Crippen LogP contribution in [0.4, 0.5) is 0 Å². The third-order valence-corrected chi connectivity index (χ3v) is 5.44. The van der Waals surface area contributed by atoms with E-state index < -0.39 is 0 Å². The molecule has 0 heterocycles. The fourth-order valence-electron chi connectivity index (χ4n) is 3.11. The SMILES string of the molecule is C1=CC([CH-]C2C=Cc3ccccc32)c2ccccc21.C[CH]=[Ti][Cl]. The summed E-state index contributed by atoms with van der Waals surface area (Å²) in [7, 11) is 5.26. The Morgan fingerprint density at radius 1 is 0.870 bits per heavy atom.